The number of rotatable bonds is 1. The molecule has 3 unspecified atom stereocenters. The molecule has 2 heterocycles. The van der Waals surface area contributed by atoms with Crippen LogP contribution >= 0.6 is 0 Å². The molecule has 0 radical (unpaired) electrons. The van der Waals surface area contributed by atoms with Gasteiger partial charge in [-0.15, -0.1) is 0 Å². The first-order valence-electron chi connectivity index (χ1n) is 6.14. The molecule has 3 heteroatoms. The Kier molecular flexibility index (Phi) is 3.45. The van der Waals surface area contributed by atoms with Gasteiger partial charge < -0.3 is 22.3 Å². The predicted molar refractivity (Wildman–Crippen MR) is 66.6 cm³/mol. The molecule has 92 valence electrons. The van der Waals surface area contributed by atoms with Gasteiger partial charge in [0, 0.05) is 35.0 Å². The van der Waals surface area contributed by atoms with Gasteiger partial charge in [0.1, 0.15) is 6.04 Å². The summed E-state index contributed by atoms with van der Waals surface area (Å²) in [5.41, 5.74) is 2.77. The molecule has 0 amide bonds. The normalized spacial score (nSPS) is 28.2. The van der Waals surface area contributed by atoms with Crippen LogP contribution in [0.25, 0.3) is 10.9 Å². The topological polar surface area (TPSA) is 20.2 Å². The summed E-state index contributed by atoms with van der Waals surface area (Å²) in [6, 6.07) is 9.29. The number of H-pyrrole nitrogens is 1. The summed E-state index contributed by atoms with van der Waals surface area (Å²) in [5.74, 6) is 0.846. The molecule has 2 N–H and O–H groups in total. The summed E-state index contributed by atoms with van der Waals surface area (Å²) in [7, 11) is 2.32. The maximum absolute atomic E-state index is 3.39. The Bertz CT molecular complexity index is 506. The third kappa shape index (κ3) is 2.07. The van der Waals surface area contributed by atoms with Gasteiger partial charge in [-0.2, -0.15) is 0 Å². The molecular weight excluding hydrogens is 232 g/mol. The molecule has 1 aromatic carbocycles. The summed E-state index contributed by atoms with van der Waals surface area (Å²) in [6.45, 7) is 3.66. The Labute approximate surface area is 108 Å². The Morgan fingerprint density at radius 2 is 2.06 bits per heavy atom. The largest absolute Gasteiger partial charge is 1.00 e. The lowest BCUT2D eigenvalue weighted by atomic mass is 10.0. The van der Waals surface area contributed by atoms with E-state index in [1.165, 1.54) is 29.4 Å². The van der Waals surface area contributed by atoms with Crippen molar-refractivity contribution in [2.24, 2.45) is 5.92 Å². The van der Waals surface area contributed by atoms with Crippen molar-refractivity contribution in [3.8, 4) is 0 Å². The van der Waals surface area contributed by atoms with Crippen molar-refractivity contribution in [3.05, 3.63) is 36.0 Å². The van der Waals surface area contributed by atoms with E-state index in [9.17, 15) is 0 Å². The summed E-state index contributed by atoms with van der Waals surface area (Å²) in [6.07, 6.45) is 3.52. The van der Waals surface area contributed by atoms with Crippen molar-refractivity contribution < 1.29 is 17.3 Å². The number of likely N-dealkylation sites (tertiary alicyclic amines) is 1. The van der Waals surface area contributed by atoms with Crippen LogP contribution in [0.2, 0.25) is 0 Å². The van der Waals surface area contributed by atoms with Crippen LogP contribution in [-0.2, 0) is 0 Å². The molecule has 17 heavy (non-hydrogen) atoms. The number of aromatic amines is 1. The van der Waals surface area contributed by atoms with Crippen LogP contribution in [0.5, 0.6) is 0 Å². The minimum absolute atomic E-state index is 0. The van der Waals surface area contributed by atoms with Gasteiger partial charge >= 0.3 is 0 Å². The van der Waals surface area contributed by atoms with Crippen molar-refractivity contribution in [3.63, 3.8) is 0 Å². The molecule has 2 nitrogen and oxygen atoms in total. The van der Waals surface area contributed by atoms with E-state index in [0.29, 0.717) is 6.04 Å². The van der Waals surface area contributed by atoms with Crippen molar-refractivity contribution in [1.29, 1.82) is 0 Å². The fraction of sp³-hybridized carbons (Fsp3) is 0.429. The number of quaternary nitrogens is 1. The van der Waals surface area contributed by atoms with Gasteiger partial charge in [0.05, 0.1) is 13.6 Å². The van der Waals surface area contributed by atoms with Gasteiger partial charge in [0.2, 0.25) is 0 Å². The van der Waals surface area contributed by atoms with E-state index in [4.69, 9.17) is 0 Å². The van der Waals surface area contributed by atoms with Crippen LogP contribution < -0.4 is 17.3 Å². The molecule has 0 saturated carbocycles. The Morgan fingerprint density at radius 3 is 2.76 bits per heavy atom. The van der Waals surface area contributed by atoms with Crippen molar-refractivity contribution in [1.82, 2.24) is 4.98 Å². The first-order chi connectivity index (χ1) is 7.75. The molecule has 0 aliphatic carbocycles. The Balaban J connectivity index is 0.00000108. The molecule has 0 spiro atoms. The van der Waals surface area contributed by atoms with Gasteiger partial charge in [-0.3, -0.25) is 0 Å². The van der Waals surface area contributed by atoms with Crippen LogP contribution in [0, 0.1) is 5.92 Å². The summed E-state index contributed by atoms with van der Waals surface area (Å²) in [4.78, 5) is 5.04. The quantitative estimate of drug-likeness (QED) is 0.632. The van der Waals surface area contributed by atoms with Crippen LogP contribution in [0.3, 0.4) is 0 Å². The summed E-state index contributed by atoms with van der Waals surface area (Å²) >= 11 is 0. The molecule has 0 bridgehead atoms. The average molecular weight is 251 g/mol. The zero-order valence-electron chi connectivity index (χ0n) is 10.3. The minimum atomic E-state index is 0. The highest BCUT2D eigenvalue weighted by Crippen LogP contribution is 2.28. The first-order valence-corrected chi connectivity index (χ1v) is 6.14. The number of aromatic nitrogens is 1. The van der Waals surface area contributed by atoms with E-state index in [-0.39, 0.29) is 12.4 Å². The number of benzene rings is 1. The van der Waals surface area contributed by atoms with E-state index in [0.717, 1.165) is 5.92 Å². The smallest absolute Gasteiger partial charge is 0.115 e. The fourth-order valence-corrected chi connectivity index (χ4v) is 3.15. The van der Waals surface area contributed by atoms with Crippen molar-refractivity contribution in [2.75, 3.05) is 13.6 Å². The highest BCUT2D eigenvalue weighted by atomic mass is 35.5. The number of halogens is 1. The number of fused-ring (bicyclic) bond motifs is 1. The number of nitrogens with one attached hydrogen (secondary N) is 2. The van der Waals surface area contributed by atoms with Crippen LogP contribution in [-0.4, -0.2) is 18.6 Å². The van der Waals surface area contributed by atoms with Crippen molar-refractivity contribution >= 4 is 10.9 Å². The first kappa shape index (κ1) is 12.5. The predicted octanol–water partition coefficient (Wildman–Crippen LogP) is -1.23. The molecule has 1 aliphatic heterocycles. The molecule has 3 atom stereocenters. The lowest BCUT2D eigenvalue weighted by Gasteiger charge is -2.15. The number of hydrogen-bond donors (Lipinski definition) is 2. The lowest BCUT2D eigenvalue weighted by Crippen LogP contribution is -3.07. The number of para-hydroxylation sites is 1. The van der Waals surface area contributed by atoms with Crippen LogP contribution in [0.4, 0.5) is 0 Å². The van der Waals surface area contributed by atoms with E-state index in [1.807, 2.05) is 0 Å². The lowest BCUT2D eigenvalue weighted by molar-refractivity contribution is -0.899. The molecule has 1 aliphatic rings. The maximum Gasteiger partial charge on any atom is 0.115 e. The second kappa shape index (κ2) is 4.71. The van der Waals surface area contributed by atoms with Gasteiger partial charge in [0.15, 0.2) is 0 Å². The highest BCUT2D eigenvalue weighted by Gasteiger charge is 2.33. The summed E-state index contributed by atoms with van der Waals surface area (Å²) < 4.78 is 0. The molecule has 1 aromatic heterocycles. The second-order valence-electron chi connectivity index (χ2n) is 5.23. The third-order valence-corrected chi connectivity index (χ3v) is 3.90. The third-order valence-electron chi connectivity index (χ3n) is 3.90. The maximum atomic E-state index is 3.39. The van der Waals surface area contributed by atoms with E-state index in [1.54, 1.807) is 4.90 Å². The van der Waals surface area contributed by atoms with Gasteiger partial charge in [-0.1, -0.05) is 25.1 Å². The highest BCUT2D eigenvalue weighted by molar-refractivity contribution is 5.83. The number of hydrogen-bond acceptors (Lipinski definition) is 0. The van der Waals surface area contributed by atoms with Crippen LogP contribution in [0.15, 0.2) is 30.5 Å². The molecular formula is C14H19ClN2. The Hall–Kier alpha value is -0.990. The molecule has 1 saturated heterocycles. The minimum Gasteiger partial charge on any atom is -1.00 e. The zero-order valence-corrected chi connectivity index (χ0v) is 11.1. The van der Waals surface area contributed by atoms with Crippen molar-refractivity contribution in [2.45, 2.75) is 19.4 Å². The molecule has 2 aromatic rings. The van der Waals surface area contributed by atoms with E-state index >= 15 is 0 Å². The second-order valence-corrected chi connectivity index (χ2v) is 5.23. The van der Waals surface area contributed by atoms with Crippen LogP contribution in [0.1, 0.15) is 24.9 Å². The zero-order chi connectivity index (χ0) is 11.1. The van der Waals surface area contributed by atoms with Gasteiger partial charge in [-0.05, 0) is 6.07 Å². The molecule has 3 rings (SSSR count). The average Bonchev–Trinajstić information content (AvgIpc) is 2.81. The SMILES string of the molecule is CC1CC(c2c[nH]c3ccccc23)[NH+](C)C1.[Cl-]. The summed E-state index contributed by atoms with van der Waals surface area (Å²) in [5, 5.41) is 1.40. The monoisotopic (exact) mass is 250 g/mol. The standard InChI is InChI=1S/C14H18N2.ClH/c1-10-7-14(16(2)9-10)12-8-15-13-6-4-3-5-11(12)13;/h3-6,8,10,14-15H,7,9H2,1-2H3;1H. The molecule has 1 fully saturated rings. The Morgan fingerprint density at radius 1 is 1.29 bits per heavy atom. The van der Waals surface area contributed by atoms with Gasteiger partial charge in [-0.25, -0.2) is 0 Å². The van der Waals surface area contributed by atoms with E-state index in [2.05, 4.69) is 49.4 Å². The fourth-order valence-electron chi connectivity index (χ4n) is 3.15. The van der Waals surface area contributed by atoms with E-state index < -0.39 is 0 Å². The van der Waals surface area contributed by atoms with Gasteiger partial charge in [0.25, 0.3) is 0 Å².